The summed E-state index contributed by atoms with van der Waals surface area (Å²) in [5, 5.41) is 12.8. The van der Waals surface area contributed by atoms with Gasteiger partial charge in [0.05, 0.1) is 11.8 Å². The van der Waals surface area contributed by atoms with Gasteiger partial charge in [0.15, 0.2) is 0 Å². The van der Waals surface area contributed by atoms with Crippen LogP contribution in [-0.4, -0.2) is 22.5 Å². The fourth-order valence-electron chi connectivity index (χ4n) is 6.36. The van der Waals surface area contributed by atoms with Gasteiger partial charge in [-0.05, 0) is 69.1 Å². The Labute approximate surface area is 132 Å². The van der Waals surface area contributed by atoms with Gasteiger partial charge in [0.1, 0.15) is 0 Å². The molecule has 122 valence electrons. The van der Waals surface area contributed by atoms with Gasteiger partial charge in [-0.2, -0.15) is 0 Å². The van der Waals surface area contributed by atoms with Crippen LogP contribution in [-0.2, 0) is 9.59 Å². The second kappa shape index (κ2) is 5.24. The van der Waals surface area contributed by atoms with Crippen molar-refractivity contribution in [3.05, 3.63) is 0 Å². The highest BCUT2D eigenvalue weighted by Gasteiger charge is 2.52. The first kappa shape index (κ1) is 14.5. The molecule has 0 aromatic heterocycles. The minimum absolute atomic E-state index is 0.00628. The van der Waals surface area contributed by atoms with Crippen molar-refractivity contribution in [3.63, 3.8) is 0 Å². The minimum Gasteiger partial charge on any atom is -0.481 e. The summed E-state index contributed by atoms with van der Waals surface area (Å²) in [6.45, 7) is 0. The fourth-order valence-corrected chi connectivity index (χ4v) is 6.36. The van der Waals surface area contributed by atoms with Gasteiger partial charge in [0, 0.05) is 5.54 Å². The molecule has 0 saturated heterocycles. The SMILES string of the molecule is O=C(O)[C@H]1CCCC[C@H]1C(=O)NC12CC3CC(CC(C3)C1)C2. The van der Waals surface area contributed by atoms with Crippen LogP contribution in [0.1, 0.15) is 64.2 Å². The number of carbonyl (C=O) groups is 2. The number of nitrogens with one attached hydrogen (secondary N) is 1. The molecule has 5 rings (SSSR count). The van der Waals surface area contributed by atoms with Gasteiger partial charge in [-0.25, -0.2) is 0 Å². The minimum atomic E-state index is -0.787. The number of aliphatic carboxylic acids is 1. The highest BCUT2D eigenvalue weighted by molar-refractivity contribution is 5.85. The summed E-state index contributed by atoms with van der Waals surface area (Å²) in [7, 11) is 0. The van der Waals surface area contributed by atoms with Gasteiger partial charge in [-0.1, -0.05) is 12.8 Å². The second-order valence-electron chi connectivity index (χ2n) is 8.52. The molecule has 5 fully saturated rings. The molecule has 0 aromatic carbocycles. The molecule has 4 nitrogen and oxygen atoms in total. The zero-order chi connectivity index (χ0) is 15.3. The standard InChI is InChI=1S/C18H27NO3/c20-16(14-3-1-2-4-15(14)17(21)22)19-18-8-11-5-12(9-18)7-13(6-11)10-18/h11-15H,1-10H2,(H,19,20)(H,21,22)/t11?,12?,13?,14-,15+,18?/m1/s1. The Kier molecular flexibility index (Phi) is 3.46. The Hall–Kier alpha value is -1.06. The molecule has 22 heavy (non-hydrogen) atoms. The molecule has 4 bridgehead atoms. The third kappa shape index (κ3) is 2.44. The van der Waals surface area contributed by atoms with Gasteiger partial charge in [0.2, 0.25) is 5.91 Å². The van der Waals surface area contributed by atoms with E-state index in [0.29, 0.717) is 6.42 Å². The van der Waals surface area contributed by atoms with Crippen LogP contribution < -0.4 is 5.32 Å². The first-order valence-electron chi connectivity index (χ1n) is 9.09. The third-order valence-corrected chi connectivity index (χ3v) is 6.85. The number of hydrogen-bond donors (Lipinski definition) is 2. The highest BCUT2D eigenvalue weighted by atomic mass is 16.4. The Bertz CT molecular complexity index is 451. The average Bonchev–Trinajstić information content (AvgIpc) is 2.45. The molecule has 0 radical (unpaired) electrons. The second-order valence-corrected chi connectivity index (χ2v) is 8.52. The van der Waals surface area contributed by atoms with Gasteiger partial charge in [-0.15, -0.1) is 0 Å². The molecule has 0 spiro atoms. The molecule has 1 amide bonds. The van der Waals surface area contributed by atoms with Crippen molar-refractivity contribution < 1.29 is 14.7 Å². The van der Waals surface area contributed by atoms with Gasteiger partial charge >= 0.3 is 5.97 Å². The van der Waals surface area contributed by atoms with E-state index in [2.05, 4.69) is 5.32 Å². The Morgan fingerprint density at radius 1 is 0.864 bits per heavy atom. The molecule has 4 heteroatoms. The summed E-state index contributed by atoms with van der Waals surface area (Å²) < 4.78 is 0. The lowest BCUT2D eigenvalue weighted by atomic mass is 9.53. The van der Waals surface area contributed by atoms with Crippen molar-refractivity contribution in [1.29, 1.82) is 0 Å². The van der Waals surface area contributed by atoms with Crippen molar-refractivity contribution in [1.82, 2.24) is 5.32 Å². The molecular formula is C18H27NO3. The van der Waals surface area contributed by atoms with E-state index in [1.165, 1.54) is 19.3 Å². The van der Waals surface area contributed by atoms with Crippen LogP contribution >= 0.6 is 0 Å². The normalized spacial score (nSPS) is 46.5. The van der Waals surface area contributed by atoms with Gasteiger partial charge < -0.3 is 10.4 Å². The van der Waals surface area contributed by atoms with E-state index in [9.17, 15) is 14.7 Å². The molecule has 5 aliphatic carbocycles. The van der Waals surface area contributed by atoms with E-state index in [1.807, 2.05) is 0 Å². The van der Waals surface area contributed by atoms with Gasteiger partial charge in [0.25, 0.3) is 0 Å². The van der Waals surface area contributed by atoms with Crippen molar-refractivity contribution in [3.8, 4) is 0 Å². The van der Waals surface area contributed by atoms with E-state index < -0.39 is 11.9 Å². The number of rotatable bonds is 3. The van der Waals surface area contributed by atoms with E-state index in [4.69, 9.17) is 0 Å². The summed E-state index contributed by atoms with van der Waals surface area (Å²) in [5.41, 5.74) is 0.00628. The molecule has 5 saturated carbocycles. The topological polar surface area (TPSA) is 66.4 Å². The lowest BCUT2D eigenvalue weighted by molar-refractivity contribution is -0.150. The van der Waals surface area contributed by atoms with Crippen molar-refractivity contribution in [2.24, 2.45) is 29.6 Å². The predicted molar refractivity (Wildman–Crippen MR) is 82.1 cm³/mol. The van der Waals surface area contributed by atoms with Crippen LogP contribution in [0.4, 0.5) is 0 Å². The fraction of sp³-hybridized carbons (Fsp3) is 0.889. The summed E-state index contributed by atoms with van der Waals surface area (Å²) >= 11 is 0. The predicted octanol–water partition coefficient (Wildman–Crippen LogP) is 2.96. The lowest BCUT2D eigenvalue weighted by Gasteiger charge is -2.57. The van der Waals surface area contributed by atoms with Crippen LogP contribution in [0.5, 0.6) is 0 Å². The number of carbonyl (C=O) groups excluding carboxylic acids is 1. The monoisotopic (exact) mass is 305 g/mol. The summed E-state index contributed by atoms with van der Waals surface area (Å²) in [6.07, 6.45) is 10.8. The van der Waals surface area contributed by atoms with E-state index in [1.54, 1.807) is 0 Å². The number of hydrogen-bond acceptors (Lipinski definition) is 2. The molecule has 0 unspecified atom stereocenters. The molecule has 2 N–H and O–H groups in total. The highest BCUT2D eigenvalue weighted by Crippen LogP contribution is 2.55. The van der Waals surface area contributed by atoms with Gasteiger partial charge in [-0.3, -0.25) is 9.59 Å². The zero-order valence-corrected chi connectivity index (χ0v) is 13.2. The molecule has 0 aromatic rings. The Balaban J connectivity index is 1.48. The number of amides is 1. The van der Waals surface area contributed by atoms with Crippen molar-refractivity contribution in [2.75, 3.05) is 0 Å². The molecule has 5 aliphatic rings. The van der Waals surface area contributed by atoms with E-state index in [0.717, 1.165) is 56.3 Å². The summed E-state index contributed by atoms with van der Waals surface area (Å²) in [6, 6.07) is 0. The maximum absolute atomic E-state index is 12.8. The van der Waals surface area contributed by atoms with Crippen molar-refractivity contribution in [2.45, 2.75) is 69.7 Å². The maximum Gasteiger partial charge on any atom is 0.307 e. The van der Waals surface area contributed by atoms with Crippen LogP contribution in [0.2, 0.25) is 0 Å². The molecule has 0 heterocycles. The smallest absolute Gasteiger partial charge is 0.307 e. The Morgan fingerprint density at radius 2 is 1.36 bits per heavy atom. The molecule has 2 atom stereocenters. The van der Waals surface area contributed by atoms with Crippen LogP contribution in [0.3, 0.4) is 0 Å². The third-order valence-electron chi connectivity index (χ3n) is 6.85. The maximum atomic E-state index is 12.8. The average molecular weight is 305 g/mol. The van der Waals surface area contributed by atoms with Crippen molar-refractivity contribution >= 4 is 11.9 Å². The van der Waals surface area contributed by atoms with E-state index >= 15 is 0 Å². The molecule has 0 aliphatic heterocycles. The lowest BCUT2D eigenvalue weighted by Crippen LogP contribution is -2.61. The summed E-state index contributed by atoms with van der Waals surface area (Å²) in [4.78, 5) is 24.3. The zero-order valence-electron chi connectivity index (χ0n) is 13.2. The first-order valence-corrected chi connectivity index (χ1v) is 9.09. The van der Waals surface area contributed by atoms with Crippen LogP contribution in [0, 0.1) is 29.6 Å². The Morgan fingerprint density at radius 3 is 1.86 bits per heavy atom. The number of carboxylic acid groups (broad SMARTS) is 1. The number of carboxylic acids is 1. The van der Waals surface area contributed by atoms with Crippen LogP contribution in [0.15, 0.2) is 0 Å². The quantitative estimate of drug-likeness (QED) is 0.842. The first-order chi connectivity index (χ1) is 10.5. The van der Waals surface area contributed by atoms with Crippen LogP contribution in [0.25, 0.3) is 0 Å². The molecular weight excluding hydrogens is 278 g/mol. The summed E-state index contributed by atoms with van der Waals surface area (Å²) in [5.74, 6) is 0.871. The van der Waals surface area contributed by atoms with E-state index in [-0.39, 0.29) is 17.4 Å². The largest absolute Gasteiger partial charge is 0.481 e.